The molecule has 0 rings (SSSR count). The van der Waals surface area contributed by atoms with Gasteiger partial charge in [-0.15, -0.1) is 0 Å². The maximum Gasteiger partial charge on any atom is 0.326 e. The maximum absolute atomic E-state index is 11.9. The average Bonchev–Trinajstić information content (AvgIpc) is 2.52. The second kappa shape index (κ2) is 12.5. The molecule has 0 amide bonds. The molecule has 0 aliphatic rings. The minimum atomic E-state index is -1.24. The van der Waals surface area contributed by atoms with Crippen molar-refractivity contribution in [3.8, 4) is 6.07 Å². The van der Waals surface area contributed by atoms with Gasteiger partial charge in [-0.25, -0.2) is 0 Å². The highest BCUT2D eigenvalue weighted by atomic mass is 16.5. The SMILES string of the molecule is COCCOCCC(C#N)(CCOCCOC)C(=O)OC. The molecule has 0 aromatic heterocycles. The summed E-state index contributed by atoms with van der Waals surface area (Å²) in [4.78, 5) is 11.9. The van der Waals surface area contributed by atoms with Crippen LogP contribution in [0.4, 0.5) is 0 Å². The highest BCUT2D eigenvalue weighted by molar-refractivity contribution is 5.79. The predicted octanol–water partition coefficient (Wildman–Crippen LogP) is 0.776. The number of carbonyl (C=O) groups excluding carboxylic acids is 1. The van der Waals surface area contributed by atoms with Crippen LogP contribution in [-0.4, -0.2) is 66.9 Å². The molecule has 0 atom stereocenters. The molecule has 0 saturated heterocycles. The number of nitrogens with zero attached hydrogens (tertiary/aromatic N) is 1. The largest absolute Gasteiger partial charge is 0.468 e. The lowest BCUT2D eigenvalue weighted by Crippen LogP contribution is -2.34. The Labute approximate surface area is 126 Å². The van der Waals surface area contributed by atoms with Crippen molar-refractivity contribution >= 4 is 5.97 Å². The molecule has 122 valence electrons. The smallest absolute Gasteiger partial charge is 0.326 e. The fourth-order valence-electron chi connectivity index (χ4n) is 1.66. The Balaban J connectivity index is 4.34. The van der Waals surface area contributed by atoms with E-state index in [4.69, 9.17) is 23.7 Å². The second-order valence-electron chi connectivity index (χ2n) is 4.40. The number of carbonyl (C=O) groups is 1. The zero-order chi connectivity index (χ0) is 16.0. The van der Waals surface area contributed by atoms with Crippen molar-refractivity contribution in [3.05, 3.63) is 0 Å². The van der Waals surface area contributed by atoms with Crippen LogP contribution in [0.5, 0.6) is 0 Å². The van der Waals surface area contributed by atoms with Crippen molar-refractivity contribution in [1.82, 2.24) is 0 Å². The van der Waals surface area contributed by atoms with Gasteiger partial charge in [0.2, 0.25) is 0 Å². The van der Waals surface area contributed by atoms with Gasteiger partial charge in [0.1, 0.15) is 0 Å². The monoisotopic (exact) mass is 303 g/mol. The summed E-state index contributed by atoms with van der Waals surface area (Å²) in [5, 5.41) is 9.37. The van der Waals surface area contributed by atoms with E-state index in [0.717, 1.165) is 0 Å². The van der Waals surface area contributed by atoms with Crippen LogP contribution in [0.15, 0.2) is 0 Å². The first-order valence-electron chi connectivity index (χ1n) is 6.80. The Bertz CT molecular complexity index is 301. The van der Waals surface area contributed by atoms with E-state index in [1.807, 2.05) is 0 Å². The molecule has 0 bridgehead atoms. The summed E-state index contributed by atoms with van der Waals surface area (Å²) < 4.78 is 25.1. The van der Waals surface area contributed by atoms with Crippen LogP contribution in [0.3, 0.4) is 0 Å². The van der Waals surface area contributed by atoms with Gasteiger partial charge in [-0.3, -0.25) is 4.79 Å². The van der Waals surface area contributed by atoms with E-state index in [-0.39, 0.29) is 26.1 Å². The molecule has 0 fully saturated rings. The summed E-state index contributed by atoms with van der Waals surface area (Å²) in [5.41, 5.74) is -1.24. The third-order valence-electron chi connectivity index (χ3n) is 3.00. The van der Waals surface area contributed by atoms with E-state index in [1.165, 1.54) is 7.11 Å². The molecule has 0 aromatic rings. The number of nitriles is 1. The van der Waals surface area contributed by atoms with Crippen molar-refractivity contribution in [2.45, 2.75) is 12.8 Å². The Morgan fingerprint density at radius 2 is 1.38 bits per heavy atom. The molecule has 7 heteroatoms. The third kappa shape index (κ3) is 7.97. The number of hydrogen-bond acceptors (Lipinski definition) is 7. The zero-order valence-corrected chi connectivity index (χ0v) is 13.1. The molecule has 0 N–H and O–H groups in total. The van der Waals surface area contributed by atoms with E-state index >= 15 is 0 Å². The molecule has 0 aliphatic carbocycles. The molecule has 0 radical (unpaired) electrons. The minimum Gasteiger partial charge on any atom is -0.468 e. The minimum absolute atomic E-state index is 0.257. The van der Waals surface area contributed by atoms with Crippen LogP contribution in [0.1, 0.15) is 12.8 Å². The number of rotatable bonds is 13. The molecular weight excluding hydrogens is 278 g/mol. The average molecular weight is 303 g/mol. The van der Waals surface area contributed by atoms with E-state index in [2.05, 4.69) is 6.07 Å². The van der Waals surface area contributed by atoms with Crippen LogP contribution in [-0.2, 0) is 28.5 Å². The Morgan fingerprint density at radius 3 is 1.71 bits per heavy atom. The lowest BCUT2D eigenvalue weighted by atomic mass is 9.83. The Kier molecular flexibility index (Phi) is 11.8. The fourth-order valence-corrected chi connectivity index (χ4v) is 1.66. The summed E-state index contributed by atoms with van der Waals surface area (Å²) in [6.07, 6.45) is 0.515. The molecular formula is C14H25NO6. The van der Waals surface area contributed by atoms with Crippen LogP contribution in [0.2, 0.25) is 0 Å². The molecule has 21 heavy (non-hydrogen) atoms. The van der Waals surface area contributed by atoms with Gasteiger partial charge in [-0.2, -0.15) is 5.26 Å². The van der Waals surface area contributed by atoms with Crippen LogP contribution < -0.4 is 0 Å². The maximum atomic E-state index is 11.9. The zero-order valence-electron chi connectivity index (χ0n) is 13.1. The van der Waals surface area contributed by atoms with E-state index in [1.54, 1.807) is 14.2 Å². The van der Waals surface area contributed by atoms with Crippen molar-refractivity contribution in [2.24, 2.45) is 5.41 Å². The van der Waals surface area contributed by atoms with Gasteiger partial charge >= 0.3 is 5.97 Å². The fraction of sp³-hybridized carbons (Fsp3) is 0.857. The van der Waals surface area contributed by atoms with Crippen molar-refractivity contribution < 1.29 is 28.5 Å². The number of ether oxygens (including phenoxy) is 5. The highest BCUT2D eigenvalue weighted by Crippen LogP contribution is 2.27. The van der Waals surface area contributed by atoms with Crippen LogP contribution in [0, 0.1) is 16.7 Å². The molecule has 0 unspecified atom stereocenters. The molecule has 0 aromatic carbocycles. The van der Waals surface area contributed by atoms with Crippen molar-refractivity contribution in [1.29, 1.82) is 5.26 Å². The molecule has 0 spiro atoms. The van der Waals surface area contributed by atoms with E-state index in [0.29, 0.717) is 26.4 Å². The normalized spacial score (nSPS) is 11.1. The second-order valence-corrected chi connectivity index (χ2v) is 4.40. The molecule has 0 heterocycles. The molecule has 0 saturated carbocycles. The van der Waals surface area contributed by atoms with Gasteiger partial charge in [0.05, 0.1) is 39.6 Å². The molecule has 0 aliphatic heterocycles. The molecule has 7 nitrogen and oxygen atoms in total. The van der Waals surface area contributed by atoms with Crippen LogP contribution >= 0.6 is 0 Å². The predicted molar refractivity (Wildman–Crippen MR) is 74.7 cm³/mol. The standard InChI is InChI=1S/C14H25NO6/c1-17-8-10-20-6-4-14(12-15,13(16)19-3)5-7-21-11-9-18-2/h4-11H2,1-3H3. The third-order valence-corrected chi connectivity index (χ3v) is 3.00. The summed E-state index contributed by atoms with van der Waals surface area (Å²) in [5.74, 6) is -0.560. The van der Waals surface area contributed by atoms with Crippen molar-refractivity contribution in [3.63, 3.8) is 0 Å². The van der Waals surface area contributed by atoms with E-state index < -0.39 is 11.4 Å². The first-order valence-corrected chi connectivity index (χ1v) is 6.80. The first kappa shape index (κ1) is 19.8. The summed E-state index contributed by atoms with van der Waals surface area (Å²) in [7, 11) is 4.43. The summed E-state index contributed by atoms with van der Waals surface area (Å²) in [6.45, 7) is 2.34. The lowest BCUT2D eigenvalue weighted by molar-refractivity contribution is -0.151. The Hall–Kier alpha value is -1.20. The Morgan fingerprint density at radius 1 is 0.905 bits per heavy atom. The summed E-state index contributed by atoms with van der Waals surface area (Å²) in [6, 6.07) is 2.05. The lowest BCUT2D eigenvalue weighted by Gasteiger charge is -2.23. The van der Waals surface area contributed by atoms with Gasteiger partial charge < -0.3 is 23.7 Å². The quantitative estimate of drug-likeness (QED) is 0.367. The number of esters is 1. The topological polar surface area (TPSA) is 87.0 Å². The number of hydrogen-bond donors (Lipinski definition) is 0. The van der Waals surface area contributed by atoms with E-state index in [9.17, 15) is 10.1 Å². The van der Waals surface area contributed by atoms with Gasteiger partial charge in [0.15, 0.2) is 5.41 Å². The first-order chi connectivity index (χ1) is 10.2. The summed E-state index contributed by atoms with van der Waals surface area (Å²) >= 11 is 0. The van der Waals surface area contributed by atoms with Crippen LogP contribution in [0.25, 0.3) is 0 Å². The van der Waals surface area contributed by atoms with Gasteiger partial charge in [0.25, 0.3) is 0 Å². The van der Waals surface area contributed by atoms with Gasteiger partial charge in [0, 0.05) is 40.3 Å². The van der Waals surface area contributed by atoms with Crippen molar-refractivity contribution in [2.75, 3.05) is 61.0 Å². The van der Waals surface area contributed by atoms with Gasteiger partial charge in [-0.1, -0.05) is 0 Å². The van der Waals surface area contributed by atoms with Gasteiger partial charge in [-0.05, 0) is 0 Å². The highest BCUT2D eigenvalue weighted by Gasteiger charge is 2.39. The number of methoxy groups -OCH3 is 3.